The van der Waals surface area contributed by atoms with Crippen LogP contribution in [0, 0.1) is 0 Å². The summed E-state index contributed by atoms with van der Waals surface area (Å²) in [5.74, 6) is 1.45. The Morgan fingerprint density at radius 2 is 1.71 bits per heavy atom. The summed E-state index contributed by atoms with van der Waals surface area (Å²) in [6, 6.07) is 11.0. The summed E-state index contributed by atoms with van der Waals surface area (Å²) in [6.07, 6.45) is 3.43. The molecule has 11 heteroatoms. The van der Waals surface area contributed by atoms with Gasteiger partial charge in [-0.1, -0.05) is 6.07 Å². The first-order chi connectivity index (χ1) is 17.0. The molecule has 2 saturated heterocycles. The minimum atomic E-state index is -3.62. The summed E-state index contributed by atoms with van der Waals surface area (Å²) in [5, 5.41) is 6.90. The Balaban J connectivity index is 1.34. The van der Waals surface area contributed by atoms with Gasteiger partial charge in [0.1, 0.15) is 0 Å². The van der Waals surface area contributed by atoms with E-state index in [4.69, 9.17) is 26.4 Å². The van der Waals surface area contributed by atoms with Gasteiger partial charge < -0.3 is 29.7 Å². The van der Waals surface area contributed by atoms with Gasteiger partial charge in [0.15, 0.2) is 16.6 Å². The van der Waals surface area contributed by atoms with E-state index in [-0.39, 0.29) is 11.7 Å². The highest BCUT2D eigenvalue weighted by Crippen LogP contribution is 2.33. The summed E-state index contributed by atoms with van der Waals surface area (Å²) in [4.78, 5) is 2.54. The Morgan fingerprint density at radius 3 is 2.51 bits per heavy atom. The molecular weight excluding hydrogens is 488 g/mol. The SMILES string of the molecule is O=S(=O)(c1ccc(N2CCCCC2)c(NC(=S)NCc2ccc3c(c2)OCO3)c1)N1CCOCC1. The van der Waals surface area contributed by atoms with Crippen molar-refractivity contribution in [1.29, 1.82) is 0 Å². The lowest BCUT2D eigenvalue weighted by Crippen LogP contribution is -2.40. The highest BCUT2D eigenvalue weighted by atomic mass is 32.2. The zero-order valence-electron chi connectivity index (χ0n) is 19.5. The molecule has 0 radical (unpaired) electrons. The number of nitrogens with zero attached hydrogens (tertiary/aromatic N) is 2. The number of thiocarbonyl (C=S) groups is 1. The van der Waals surface area contributed by atoms with Crippen molar-refractivity contribution in [1.82, 2.24) is 9.62 Å². The van der Waals surface area contributed by atoms with Crippen molar-refractivity contribution in [3.63, 3.8) is 0 Å². The van der Waals surface area contributed by atoms with E-state index in [9.17, 15) is 8.42 Å². The third-order valence-corrected chi connectivity index (χ3v) is 8.55. The van der Waals surface area contributed by atoms with Crippen LogP contribution in [0.25, 0.3) is 0 Å². The molecule has 0 atom stereocenters. The summed E-state index contributed by atoms with van der Waals surface area (Å²) in [7, 11) is -3.62. The van der Waals surface area contributed by atoms with Gasteiger partial charge in [-0.05, 0) is 67.4 Å². The van der Waals surface area contributed by atoms with Gasteiger partial charge in [0.25, 0.3) is 0 Å². The van der Waals surface area contributed by atoms with Crippen LogP contribution in [0.2, 0.25) is 0 Å². The maximum Gasteiger partial charge on any atom is 0.243 e. The van der Waals surface area contributed by atoms with Crippen molar-refractivity contribution in [2.75, 3.05) is 56.4 Å². The normalized spacial score (nSPS) is 18.3. The van der Waals surface area contributed by atoms with Crippen molar-refractivity contribution in [3.8, 4) is 11.5 Å². The fourth-order valence-corrected chi connectivity index (χ4v) is 6.14. The number of nitrogens with one attached hydrogen (secondary N) is 2. The first kappa shape index (κ1) is 24.1. The molecule has 3 heterocycles. The molecule has 0 amide bonds. The molecule has 2 aromatic carbocycles. The van der Waals surface area contributed by atoms with E-state index in [0.717, 1.165) is 48.7 Å². The van der Waals surface area contributed by atoms with Crippen LogP contribution in [-0.2, 0) is 21.3 Å². The van der Waals surface area contributed by atoms with Crippen LogP contribution in [0.3, 0.4) is 0 Å². The lowest BCUT2D eigenvalue weighted by atomic mass is 10.1. The topological polar surface area (TPSA) is 92.4 Å². The number of sulfonamides is 1. The number of benzene rings is 2. The molecule has 0 saturated carbocycles. The molecule has 2 N–H and O–H groups in total. The van der Waals surface area contributed by atoms with Crippen LogP contribution >= 0.6 is 12.2 Å². The second-order valence-electron chi connectivity index (χ2n) is 8.74. The standard InChI is InChI=1S/C24H30N4O5S2/c29-35(30,28-10-12-31-13-11-28)19-5-6-21(27-8-2-1-3-9-27)20(15-19)26-24(34)25-16-18-4-7-22-23(14-18)33-17-32-22/h4-7,14-15H,1-3,8-13,16-17H2,(H2,25,26,34). The second kappa shape index (κ2) is 10.6. The molecule has 5 rings (SSSR count). The third kappa shape index (κ3) is 5.48. The zero-order valence-corrected chi connectivity index (χ0v) is 21.1. The number of ether oxygens (including phenoxy) is 3. The molecule has 3 aliphatic rings. The number of piperidine rings is 1. The Bertz CT molecular complexity index is 1180. The van der Waals surface area contributed by atoms with E-state index in [1.165, 1.54) is 10.7 Å². The first-order valence-corrected chi connectivity index (χ1v) is 13.8. The van der Waals surface area contributed by atoms with E-state index < -0.39 is 10.0 Å². The largest absolute Gasteiger partial charge is 0.454 e. The predicted molar refractivity (Wildman–Crippen MR) is 138 cm³/mol. The van der Waals surface area contributed by atoms with Crippen molar-refractivity contribution >= 4 is 38.7 Å². The summed E-state index contributed by atoms with van der Waals surface area (Å²) >= 11 is 5.58. The molecule has 3 aliphatic heterocycles. The Morgan fingerprint density at radius 1 is 0.943 bits per heavy atom. The van der Waals surface area contributed by atoms with Crippen molar-refractivity contribution in [2.45, 2.75) is 30.7 Å². The van der Waals surface area contributed by atoms with Gasteiger partial charge in [-0.3, -0.25) is 0 Å². The van der Waals surface area contributed by atoms with E-state index in [1.807, 2.05) is 24.3 Å². The average molecular weight is 519 g/mol. The number of morpholine rings is 1. The van der Waals surface area contributed by atoms with Crippen molar-refractivity contribution in [3.05, 3.63) is 42.0 Å². The molecule has 2 fully saturated rings. The number of fused-ring (bicyclic) bond motifs is 1. The maximum atomic E-state index is 13.3. The quantitative estimate of drug-likeness (QED) is 0.560. The lowest BCUT2D eigenvalue weighted by Gasteiger charge is -2.31. The van der Waals surface area contributed by atoms with E-state index in [2.05, 4.69) is 15.5 Å². The summed E-state index contributed by atoms with van der Waals surface area (Å²) in [5.41, 5.74) is 2.64. The van der Waals surface area contributed by atoms with E-state index in [1.54, 1.807) is 12.1 Å². The van der Waals surface area contributed by atoms with Crippen LogP contribution in [0.1, 0.15) is 24.8 Å². The predicted octanol–water partition coefficient (Wildman–Crippen LogP) is 2.91. The van der Waals surface area contributed by atoms with Gasteiger partial charge in [0.2, 0.25) is 16.8 Å². The molecular formula is C24H30N4O5S2. The number of rotatable bonds is 6. The number of hydrogen-bond acceptors (Lipinski definition) is 7. The highest BCUT2D eigenvalue weighted by Gasteiger charge is 2.28. The maximum absolute atomic E-state index is 13.3. The Hall–Kier alpha value is -2.60. The van der Waals surface area contributed by atoms with Gasteiger partial charge in [-0.25, -0.2) is 8.42 Å². The van der Waals surface area contributed by atoms with Crippen LogP contribution < -0.4 is 25.0 Å². The molecule has 0 bridgehead atoms. The number of anilines is 2. The molecule has 9 nitrogen and oxygen atoms in total. The van der Waals surface area contributed by atoms with Gasteiger partial charge in [-0.15, -0.1) is 0 Å². The molecule has 0 spiro atoms. The molecule has 0 aromatic heterocycles. The van der Waals surface area contributed by atoms with Gasteiger partial charge in [0, 0.05) is 32.7 Å². The highest BCUT2D eigenvalue weighted by molar-refractivity contribution is 7.89. The Labute approximate surface area is 211 Å². The zero-order chi connectivity index (χ0) is 24.3. The monoisotopic (exact) mass is 518 g/mol. The second-order valence-corrected chi connectivity index (χ2v) is 11.1. The molecule has 188 valence electrons. The smallest absolute Gasteiger partial charge is 0.243 e. The van der Waals surface area contributed by atoms with Crippen LogP contribution in [0.15, 0.2) is 41.3 Å². The minimum absolute atomic E-state index is 0.231. The molecule has 2 aromatic rings. The van der Waals surface area contributed by atoms with Gasteiger partial charge >= 0.3 is 0 Å². The van der Waals surface area contributed by atoms with Gasteiger partial charge in [-0.2, -0.15) is 4.31 Å². The van der Waals surface area contributed by atoms with Crippen molar-refractivity contribution in [2.24, 2.45) is 0 Å². The minimum Gasteiger partial charge on any atom is -0.454 e. The van der Waals surface area contributed by atoms with Crippen molar-refractivity contribution < 1.29 is 22.6 Å². The van der Waals surface area contributed by atoms with E-state index in [0.29, 0.717) is 43.6 Å². The fraction of sp³-hybridized carbons (Fsp3) is 0.458. The Kier molecular flexibility index (Phi) is 7.28. The molecule has 0 aliphatic carbocycles. The average Bonchev–Trinajstić information content (AvgIpc) is 3.36. The number of hydrogen-bond donors (Lipinski definition) is 2. The van der Waals surface area contributed by atoms with Gasteiger partial charge in [0.05, 0.1) is 29.5 Å². The van der Waals surface area contributed by atoms with Crippen LogP contribution in [-0.4, -0.2) is 64.0 Å². The molecule has 35 heavy (non-hydrogen) atoms. The first-order valence-electron chi connectivity index (χ1n) is 11.9. The summed E-state index contributed by atoms with van der Waals surface area (Å²) in [6.45, 7) is 4.11. The van der Waals surface area contributed by atoms with Crippen LogP contribution in [0.5, 0.6) is 11.5 Å². The summed E-state index contributed by atoms with van der Waals surface area (Å²) < 4.78 is 44.2. The fourth-order valence-electron chi connectivity index (χ4n) is 4.52. The van der Waals surface area contributed by atoms with Crippen LogP contribution in [0.4, 0.5) is 11.4 Å². The van der Waals surface area contributed by atoms with E-state index >= 15 is 0 Å². The lowest BCUT2D eigenvalue weighted by molar-refractivity contribution is 0.0730. The molecule has 0 unspecified atom stereocenters. The third-order valence-electron chi connectivity index (χ3n) is 6.41.